The second-order valence-electron chi connectivity index (χ2n) is 3.63. The summed E-state index contributed by atoms with van der Waals surface area (Å²) in [5, 5.41) is 2.84. The van der Waals surface area contributed by atoms with Crippen LogP contribution in [0.4, 0.5) is 0 Å². The van der Waals surface area contributed by atoms with E-state index in [1.807, 2.05) is 24.6 Å². The van der Waals surface area contributed by atoms with Crippen LogP contribution in [-0.4, -0.2) is 4.98 Å². The van der Waals surface area contributed by atoms with Crippen LogP contribution in [0.2, 0.25) is 5.02 Å². The number of alkyl halides is 1. The van der Waals surface area contributed by atoms with Crippen molar-refractivity contribution >= 4 is 38.9 Å². The molecule has 16 heavy (non-hydrogen) atoms. The minimum atomic E-state index is 0.246. The fourth-order valence-electron chi connectivity index (χ4n) is 1.42. The molecular weight excluding hydrogens is 306 g/mol. The largest absolute Gasteiger partial charge is 0.261 e. The number of aryl methyl sites for hydroxylation is 1. The molecule has 0 N–H and O–H groups in total. The summed E-state index contributed by atoms with van der Waals surface area (Å²) in [5.41, 5.74) is 2.26. The lowest BCUT2D eigenvalue weighted by Gasteiger charge is -2.08. The Balaban J connectivity index is 2.10. The van der Waals surface area contributed by atoms with Crippen molar-refractivity contribution in [2.24, 2.45) is 0 Å². The predicted molar refractivity (Wildman–Crippen MR) is 73.7 cm³/mol. The fourth-order valence-corrected chi connectivity index (χ4v) is 3.62. The van der Waals surface area contributed by atoms with Crippen LogP contribution in [0.25, 0.3) is 0 Å². The van der Waals surface area contributed by atoms with E-state index in [9.17, 15) is 0 Å². The Bertz CT molecular complexity index is 466. The molecule has 0 aliphatic heterocycles. The van der Waals surface area contributed by atoms with E-state index in [1.54, 1.807) is 11.3 Å². The van der Waals surface area contributed by atoms with Crippen molar-refractivity contribution in [3.63, 3.8) is 0 Å². The van der Waals surface area contributed by atoms with Crippen molar-refractivity contribution in [1.82, 2.24) is 4.98 Å². The number of nitrogens with zero attached hydrogens (tertiary/aromatic N) is 1. The molecule has 2 aromatic heterocycles. The zero-order valence-electron chi connectivity index (χ0n) is 8.78. The first-order valence-corrected chi connectivity index (χ1v) is 7.12. The smallest absolute Gasteiger partial charge is 0.0559 e. The normalized spacial score (nSPS) is 12.7. The zero-order valence-corrected chi connectivity index (χ0v) is 11.9. The number of rotatable bonds is 3. The highest BCUT2D eigenvalue weighted by Gasteiger charge is 2.13. The van der Waals surface area contributed by atoms with E-state index in [4.69, 9.17) is 11.6 Å². The third-order valence-electron chi connectivity index (χ3n) is 2.29. The van der Waals surface area contributed by atoms with Crippen LogP contribution in [0.15, 0.2) is 29.8 Å². The van der Waals surface area contributed by atoms with Crippen LogP contribution in [0.3, 0.4) is 0 Å². The Morgan fingerprint density at radius 2 is 2.25 bits per heavy atom. The molecule has 2 rings (SSSR count). The maximum Gasteiger partial charge on any atom is 0.0559 e. The number of aromatic nitrogens is 1. The lowest BCUT2D eigenvalue weighted by Crippen LogP contribution is -1.96. The molecule has 1 nitrogen and oxygen atoms in total. The predicted octanol–water partition coefficient (Wildman–Crippen LogP) is 4.78. The summed E-state index contributed by atoms with van der Waals surface area (Å²) in [7, 11) is 0. The average Bonchev–Trinajstić information content (AvgIpc) is 2.68. The van der Waals surface area contributed by atoms with Gasteiger partial charge in [-0.15, -0.1) is 11.3 Å². The standard InChI is InChI=1S/C12H11BrClNS/c1-8-2-3-9(15-7-8)6-10(13)12-11(14)4-5-16-12/h2-5,7,10H,6H2,1H3. The summed E-state index contributed by atoms with van der Waals surface area (Å²) in [6.45, 7) is 2.04. The van der Waals surface area contributed by atoms with E-state index >= 15 is 0 Å². The Morgan fingerprint density at radius 3 is 2.81 bits per heavy atom. The van der Waals surface area contributed by atoms with E-state index in [0.717, 1.165) is 17.1 Å². The topological polar surface area (TPSA) is 12.9 Å². The van der Waals surface area contributed by atoms with E-state index in [-0.39, 0.29) is 4.83 Å². The average molecular weight is 317 g/mol. The maximum absolute atomic E-state index is 6.09. The number of hydrogen-bond acceptors (Lipinski definition) is 2. The van der Waals surface area contributed by atoms with Gasteiger partial charge < -0.3 is 0 Å². The number of halogens is 2. The summed E-state index contributed by atoms with van der Waals surface area (Å²) in [4.78, 5) is 5.81. The minimum Gasteiger partial charge on any atom is -0.261 e. The molecular formula is C12H11BrClNS. The summed E-state index contributed by atoms with van der Waals surface area (Å²) in [6.07, 6.45) is 2.76. The van der Waals surface area contributed by atoms with Gasteiger partial charge in [-0.25, -0.2) is 0 Å². The van der Waals surface area contributed by atoms with Crippen molar-refractivity contribution in [1.29, 1.82) is 0 Å². The molecule has 0 aliphatic carbocycles. The van der Waals surface area contributed by atoms with Crippen molar-refractivity contribution < 1.29 is 0 Å². The summed E-state index contributed by atoms with van der Waals surface area (Å²) in [6, 6.07) is 6.07. The quantitative estimate of drug-likeness (QED) is 0.742. The second kappa shape index (κ2) is 5.30. The van der Waals surface area contributed by atoms with Gasteiger partial charge in [0, 0.05) is 23.2 Å². The zero-order chi connectivity index (χ0) is 11.5. The number of hydrogen-bond donors (Lipinski definition) is 0. The molecule has 0 fully saturated rings. The van der Waals surface area contributed by atoms with Crippen molar-refractivity contribution in [2.75, 3.05) is 0 Å². The summed E-state index contributed by atoms with van der Waals surface area (Å²) in [5.74, 6) is 0. The highest BCUT2D eigenvalue weighted by atomic mass is 79.9. The number of thiophene rings is 1. The molecule has 0 amide bonds. The van der Waals surface area contributed by atoms with E-state index in [1.165, 1.54) is 10.4 Å². The molecule has 0 radical (unpaired) electrons. The lowest BCUT2D eigenvalue weighted by atomic mass is 10.2. The molecule has 84 valence electrons. The molecule has 2 heterocycles. The monoisotopic (exact) mass is 315 g/mol. The van der Waals surface area contributed by atoms with Crippen LogP contribution in [0.1, 0.15) is 21.0 Å². The fraction of sp³-hybridized carbons (Fsp3) is 0.250. The molecule has 0 bridgehead atoms. The molecule has 0 spiro atoms. The third kappa shape index (κ3) is 2.84. The molecule has 0 saturated carbocycles. The van der Waals surface area contributed by atoms with Crippen LogP contribution < -0.4 is 0 Å². The Labute approximate surface area is 113 Å². The van der Waals surface area contributed by atoms with Gasteiger partial charge in [0.2, 0.25) is 0 Å². The highest BCUT2D eigenvalue weighted by molar-refractivity contribution is 9.09. The highest BCUT2D eigenvalue weighted by Crippen LogP contribution is 2.35. The van der Waals surface area contributed by atoms with Crippen molar-refractivity contribution in [3.8, 4) is 0 Å². The Kier molecular flexibility index (Phi) is 4.00. The van der Waals surface area contributed by atoms with Gasteiger partial charge in [-0.05, 0) is 30.0 Å². The summed E-state index contributed by atoms with van der Waals surface area (Å²) >= 11 is 11.4. The second-order valence-corrected chi connectivity index (χ2v) is 6.09. The molecule has 2 aromatic rings. The van der Waals surface area contributed by atoms with Crippen molar-refractivity contribution in [3.05, 3.63) is 50.9 Å². The van der Waals surface area contributed by atoms with Gasteiger partial charge in [-0.1, -0.05) is 33.6 Å². The lowest BCUT2D eigenvalue weighted by molar-refractivity contribution is 0.917. The van der Waals surface area contributed by atoms with Crippen LogP contribution >= 0.6 is 38.9 Å². The molecule has 1 atom stereocenters. The molecule has 4 heteroatoms. The van der Waals surface area contributed by atoms with Gasteiger partial charge in [0.15, 0.2) is 0 Å². The minimum absolute atomic E-state index is 0.246. The van der Waals surface area contributed by atoms with E-state index in [0.29, 0.717) is 0 Å². The van der Waals surface area contributed by atoms with E-state index < -0.39 is 0 Å². The third-order valence-corrected chi connectivity index (χ3v) is 4.85. The van der Waals surface area contributed by atoms with Crippen LogP contribution in [-0.2, 0) is 6.42 Å². The van der Waals surface area contributed by atoms with Gasteiger partial charge in [-0.2, -0.15) is 0 Å². The first-order valence-electron chi connectivity index (χ1n) is 4.95. The Hall–Kier alpha value is -0.380. The van der Waals surface area contributed by atoms with E-state index in [2.05, 4.69) is 33.0 Å². The molecule has 1 unspecified atom stereocenters. The van der Waals surface area contributed by atoms with Gasteiger partial charge in [0.25, 0.3) is 0 Å². The van der Waals surface area contributed by atoms with Crippen LogP contribution in [0, 0.1) is 6.92 Å². The molecule has 0 saturated heterocycles. The van der Waals surface area contributed by atoms with Crippen LogP contribution in [0.5, 0.6) is 0 Å². The number of pyridine rings is 1. The maximum atomic E-state index is 6.09. The Morgan fingerprint density at radius 1 is 1.44 bits per heavy atom. The SMILES string of the molecule is Cc1ccc(CC(Br)c2sccc2Cl)nc1. The van der Waals surface area contributed by atoms with Gasteiger partial charge in [0.05, 0.1) is 9.85 Å². The van der Waals surface area contributed by atoms with Crippen molar-refractivity contribution in [2.45, 2.75) is 18.2 Å². The van der Waals surface area contributed by atoms with Gasteiger partial charge in [0.1, 0.15) is 0 Å². The molecule has 0 aromatic carbocycles. The van der Waals surface area contributed by atoms with Gasteiger partial charge >= 0.3 is 0 Å². The summed E-state index contributed by atoms with van der Waals surface area (Å²) < 4.78 is 0. The first kappa shape index (κ1) is 12.1. The molecule has 0 aliphatic rings. The van der Waals surface area contributed by atoms with Gasteiger partial charge in [-0.3, -0.25) is 4.98 Å². The first-order chi connectivity index (χ1) is 7.66.